The summed E-state index contributed by atoms with van der Waals surface area (Å²) >= 11 is 0. The van der Waals surface area contributed by atoms with E-state index in [1.54, 1.807) is 37.5 Å². The fraction of sp³-hybridized carbons (Fsp3) is 0.333. The number of carbonyl (C=O) groups excluding carboxylic acids is 2. The Hall–Kier alpha value is -3.28. The third-order valence-corrected chi connectivity index (χ3v) is 5.16. The Morgan fingerprint density at radius 2 is 1.77 bits per heavy atom. The van der Waals surface area contributed by atoms with Crippen LogP contribution in [0.25, 0.3) is 6.08 Å². The zero-order valence-corrected chi connectivity index (χ0v) is 17.2. The van der Waals surface area contributed by atoms with Crippen LogP contribution in [0.2, 0.25) is 0 Å². The number of nitrogens with two attached hydrogens (primary N) is 1. The molecule has 30 heavy (non-hydrogen) atoms. The number of rotatable bonds is 7. The number of hydrogen-bond donors (Lipinski definition) is 2. The summed E-state index contributed by atoms with van der Waals surface area (Å²) in [5, 5.41) is 2.68. The summed E-state index contributed by atoms with van der Waals surface area (Å²) in [5.41, 5.74) is 6.79. The number of ether oxygens (including phenoxy) is 2. The smallest absolute Gasteiger partial charge is 0.250 e. The maximum absolute atomic E-state index is 12.3. The molecule has 2 aromatic rings. The average Bonchev–Trinajstić information content (AvgIpc) is 3.02. The summed E-state index contributed by atoms with van der Waals surface area (Å²) in [4.78, 5) is 23.7. The zero-order chi connectivity index (χ0) is 21.3. The summed E-state index contributed by atoms with van der Waals surface area (Å²) in [5.74, 6) is 0.410. The average molecular weight is 408 g/mol. The van der Waals surface area contributed by atoms with Crippen molar-refractivity contribution in [2.75, 3.05) is 12.4 Å². The molecule has 0 aromatic heterocycles. The minimum atomic E-state index is -0.594. The number of benzene rings is 2. The van der Waals surface area contributed by atoms with Gasteiger partial charge in [0.15, 0.2) is 11.5 Å². The summed E-state index contributed by atoms with van der Waals surface area (Å²) in [6, 6.07) is 12.2. The third kappa shape index (κ3) is 5.86. The Morgan fingerprint density at radius 3 is 2.47 bits per heavy atom. The van der Waals surface area contributed by atoms with Crippen LogP contribution in [0.15, 0.2) is 48.5 Å². The third-order valence-electron chi connectivity index (χ3n) is 5.16. The van der Waals surface area contributed by atoms with Gasteiger partial charge in [0, 0.05) is 6.08 Å². The van der Waals surface area contributed by atoms with Crippen molar-refractivity contribution in [2.45, 2.75) is 44.6 Å². The molecule has 158 valence electrons. The summed E-state index contributed by atoms with van der Waals surface area (Å²) < 4.78 is 11.7. The lowest BCUT2D eigenvalue weighted by molar-refractivity contribution is -0.111. The van der Waals surface area contributed by atoms with Gasteiger partial charge in [-0.15, -0.1) is 0 Å². The van der Waals surface area contributed by atoms with Crippen molar-refractivity contribution < 1.29 is 19.1 Å². The van der Waals surface area contributed by atoms with E-state index < -0.39 is 5.91 Å². The number of para-hydroxylation sites is 1. The summed E-state index contributed by atoms with van der Waals surface area (Å²) in [6.45, 7) is 0. The molecule has 1 fully saturated rings. The lowest BCUT2D eigenvalue weighted by atomic mass is 10.1. The molecule has 6 nitrogen and oxygen atoms in total. The first-order valence-corrected chi connectivity index (χ1v) is 10.3. The quantitative estimate of drug-likeness (QED) is 0.519. The van der Waals surface area contributed by atoms with E-state index in [9.17, 15) is 9.59 Å². The van der Waals surface area contributed by atoms with Gasteiger partial charge in [0.2, 0.25) is 5.91 Å². The SMILES string of the molecule is COc1cc(/C=C/C(=O)Nc2ccccc2C(N)=O)ccc1OC1CCCCCC1. The number of anilines is 1. The van der Waals surface area contributed by atoms with Crippen molar-refractivity contribution in [2.24, 2.45) is 5.73 Å². The Balaban J connectivity index is 1.66. The highest BCUT2D eigenvalue weighted by molar-refractivity contribution is 6.07. The molecule has 1 saturated carbocycles. The summed E-state index contributed by atoms with van der Waals surface area (Å²) in [6.07, 6.45) is 10.4. The molecule has 1 aliphatic carbocycles. The fourth-order valence-electron chi connectivity index (χ4n) is 3.58. The van der Waals surface area contributed by atoms with E-state index in [2.05, 4.69) is 5.32 Å². The molecule has 0 atom stereocenters. The van der Waals surface area contributed by atoms with Crippen LogP contribution in [0.3, 0.4) is 0 Å². The highest BCUT2D eigenvalue weighted by Gasteiger charge is 2.16. The van der Waals surface area contributed by atoms with Gasteiger partial charge >= 0.3 is 0 Å². The second-order valence-electron chi connectivity index (χ2n) is 7.37. The van der Waals surface area contributed by atoms with Crippen LogP contribution in [0, 0.1) is 0 Å². The highest BCUT2D eigenvalue weighted by atomic mass is 16.5. The first-order chi connectivity index (χ1) is 14.6. The van der Waals surface area contributed by atoms with Crippen molar-refractivity contribution in [3.05, 3.63) is 59.7 Å². The van der Waals surface area contributed by atoms with Gasteiger partial charge in [0.25, 0.3) is 5.91 Å². The molecule has 0 radical (unpaired) electrons. The molecule has 0 unspecified atom stereocenters. The largest absolute Gasteiger partial charge is 0.493 e. The van der Waals surface area contributed by atoms with Crippen molar-refractivity contribution in [3.8, 4) is 11.5 Å². The van der Waals surface area contributed by atoms with Gasteiger partial charge in [-0.2, -0.15) is 0 Å². The van der Waals surface area contributed by atoms with Crippen molar-refractivity contribution >= 4 is 23.6 Å². The van der Waals surface area contributed by atoms with E-state index in [1.807, 2.05) is 18.2 Å². The summed E-state index contributed by atoms with van der Waals surface area (Å²) in [7, 11) is 1.61. The fourth-order valence-corrected chi connectivity index (χ4v) is 3.58. The first kappa shape index (κ1) is 21.4. The molecule has 2 aromatic carbocycles. The predicted molar refractivity (Wildman–Crippen MR) is 118 cm³/mol. The number of carbonyl (C=O) groups is 2. The Bertz CT molecular complexity index is 915. The molecule has 3 N–H and O–H groups in total. The number of nitrogens with one attached hydrogen (secondary N) is 1. The minimum absolute atomic E-state index is 0.221. The highest BCUT2D eigenvalue weighted by Crippen LogP contribution is 2.32. The monoisotopic (exact) mass is 408 g/mol. The number of hydrogen-bond acceptors (Lipinski definition) is 4. The number of methoxy groups -OCH3 is 1. The Labute approximate surface area is 177 Å². The van der Waals surface area contributed by atoms with Crippen molar-refractivity contribution in [1.29, 1.82) is 0 Å². The van der Waals surface area contributed by atoms with Crippen LogP contribution in [-0.2, 0) is 4.79 Å². The van der Waals surface area contributed by atoms with E-state index in [4.69, 9.17) is 15.2 Å². The van der Waals surface area contributed by atoms with Gasteiger partial charge in [0.05, 0.1) is 24.5 Å². The molecular formula is C24H28N2O4. The van der Waals surface area contributed by atoms with Crippen LogP contribution in [0.4, 0.5) is 5.69 Å². The molecule has 0 aliphatic heterocycles. The second-order valence-corrected chi connectivity index (χ2v) is 7.37. The predicted octanol–water partition coefficient (Wildman–Crippen LogP) is 4.55. The van der Waals surface area contributed by atoms with Gasteiger partial charge in [0.1, 0.15) is 0 Å². The van der Waals surface area contributed by atoms with E-state index in [0.29, 0.717) is 11.4 Å². The molecule has 2 amide bonds. The zero-order valence-electron chi connectivity index (χ0n) is 17.2. The molecule has 0 bridgehead atoms. The second kappa shape index (κ2) is 10.5. The van der Waals surface area contributed by atoms with Gasteiger partial charge in [-0.25, -0.2) is 0 Å². The first-order valence-electron chi connectivity index (χ1n) is 10.3. The van der Waals surface area contributed by atoms with E-state index in [0.717, 1.165) is 24.2 Å². The molecular weight excluding hydrogens is 380 g/mol. The van der Waals surface area contributed by atoms with Gasteiger partial charge in [-0.1, -0.05) is 31.0 Å². The molecule has 1 aliphatic rings. The minimum Gasteiger partial charge on any atom is -0.493 e. The van der Waals surface area contributed by atoms with Gasteiger partial charge < -0.3 is 20.5 Å². The Kier molecular flexibility index (Phi) is 7.49. The van der Waals surface area contributed by atoms with Crippen molar-refractivity contribution in [1.82, 2.24) is 0 Å². The van der Waals surface area contributed by atoms with Crippen LogP contribution in [-0.4, -0.2) is 25.0 Å². The van der Waals surface area contributed by atoms with Crippen LogP contribution in [0.1, 0.15) is 54.4 Å². The maximum Gasteiger partial charge on any atom is 0.250 e. The van der Waals surface area contributed by atoms with Gasteiger partial charge in [-0.05, 0) is 61.6 Å². The molecule has 0 heterocycles. The number of primary amides is 1. The van der Waals surface area contributed by atoms with E-state index in [-0.39, 0.29) is 17.6 Å². The van der Waals surface area contributed by atoms with E-state index in [1.165, 1.54) is 31.8 Å². The molecule has 0 saturated heterocycles. The maximum atomic E-state index is 12.3. The normalized spacial score (nSPS) is 14.8. The lowest BCUT2D eigenvalue weighted by Gasteiger charge is -2.19. The molecule has 6 heteroatoms. The molecule has 0 spiro atoms. The van der Waals surface area contributed by atoms with E-state index >= 15 is 0 Å². The van der Waals surface area contributed by atoms with Crippen LogP contribution < -0.4 is 20.5 Å². The molecule has 3 rings (SSSR count). The Morgan fingerprint density at radius 1 is 1.03 bits per heavy atom. The number of amides is 2. The van der Waals surface area contributed by atoms with Crippen molar-refractivity contribution in [3.63, 3.8) is 0 Å². The van der Waals surface area contributed by atoms with Crippen LogP contribution >= 0.6 is 0 Å². The van der Waals surface area contributed by atoms with Crippen LogP contribution in [0.5, 0.6) is 11.5 Å². The van der Waals surface area contributed by atoms with Gasteiger partial charge in [-0.3, -0.25) is 9.59 Å². The lowest BCUT2D eigenvalue weighted by Crippen LogP contribution is -2.16. The standard InChI is InChI=1S/C24H28N2O4/c1-29-22-16-17(12-14-21(22)30-18-8-4-2-3-5-9-18)13-15-23(27)26-20-11-7-6-10-19(20)24(25)28/h6-7,10-16,18H,2-5,8-9H2,1H3,(H2,25,28)(H,26,27)/b15-13+. The topological polar surface area (TPSA) is 90.6 Å².